The molecule has 1 saturated heterocycles. The van der Waals surface area contributed by atoms with E-state index in [9.17, 15) is 18.0 Å². The fourth-order valence-electron chi connectivity index (χ4n) is 2.58. The number of halogens is 4. The van der Waals surface area contributed by atoms with E-state index < -0.39 is 30.0 Å². The SMILES string of the molecule is CCOC(=O)C1C[C@]2(CC(F)(F)F)C[C@@H]2N1.Cl. The minimum atomic E-state index is -4.15. The van der Waals surface area contributed by atoms with Crippen molar-refractivity contribution in [2.24, 2.45) is 5.41 Å². The summed E-state index contributed by atoms with van der Waals surface area (Å²) in [5, 5.41) is 2.90. The van der Waals surface area contributed by atoms with Gasteiger partial charge in [-0.05, 0) is 25.2 Å². The van der Waals surface area contributed by atoms with Crippen LogP contribution < -0.4 is 5.32 Å². The predicted octanol–water partition coefficient (Wildman–Crippen LogP) is 2.04. The standard InChI is InChI=1S/C10H14F3NO2.ClH/c1-2-16-8(15)6-3-9(4-7(9)14-6)5-10(11,12)13;/h6-7,14H,2-5H2,1H3;1H/t6?,7-,9+;/m0./s1. The Bertz CT molecular complexity index is 310. The Balaban J connectivity index is 0.00000144. The van der Waals surface area contributed by atoms with Crippen molar-refractivity contribution in [3.63, 3.8) is 0 Å². The van der Waals surface area contributed by atoms with Crippen molar-refractivity contribution in [3.8, 4) is 0 Å². The third-order valence-electron chi connectivity index (χ3n) is 3.33. The van der Waals surface area contributed by atoms with E-state index in [1.54, 1.807) is 6.92 Å². The molecule has 3 nitrogen and oxygen atoms in total. The number of alkyl halides is 3. The topological polar surface area (TPSA) is 38.3 Å². The molecule has 2 rings (SSSR count). The van der Waals surface area contributed by atoms with Gasteiger partial charge in [0.1, 0.15) is 6.04 Å². The van der Waals surface area contributed by atoms with Crippen LogP contribution in [0.4, 0.5) is 13.2 Å². The van der Waals surface area contributed by atoms with Gasteiger partial charge in [0.15, 0.2) is 0 Å². The molecule has 0 aromatic rings. The summed E-state index contributed by atoms with van der Waals surface area (Å²) < 4.78 is 41.7. The lowest BCUT2D eigenvalue weighted by atomic mass is 9.95. The number of nitrogens with one attached hydrogen (secondary N) is 1. The highest BCUT2D eigenvalue weighted by atomic mass is 35.5. The van der Waals surface area contributed by atoms with Gasteiger partial charge in [-0.1, -0.05) is 0 Å². The molecule has 0 bridgehead atoms. The van der Waals surface area contributed by atoms with Crippen LogP contribution in [0.25, 0.3) is 0 Å². The van der Waals surface area contributed by atoms with Crippen LogP contribution in [0.5, 0.6) is 0 Å². The van der Waals surface area contributed by atoms with Crippen LogP contribution in [-0.4, -0.2) is 30.8 Å². The van der Waals surface area contributed by atoms with E-state index in [1.165, 1.54) is 0 Å². The van der Waals surface area contributed by atoms with Crippen molar-refractivity contribution in [1.29, 1.82) is 0 Å². The third-order valence-corrected chi connectivity index (χ3v) is 3.33. The van der Waals surface area contributed by atoms with Gasteiger partial charge in [0.25, 0.3) is 0 Å². The summed E-state index contributed by atoms with van der Waals surface area (Å²) in [5.41, 5.74) is -0.740. The smallest absolute Gasteiger partial charge is 0.389 e. The zero-order chi connectivity index (χ0) is 12.0. The third kappa shape index (κ3) is 3.04. The summed E-state index contributed by atoms with van der Waals surface area (Å²) in [6.07, 6.45) is -4.19. The van der Waals surface area contributed by atoms with E-state index in [1.807, 2.05) is 0 Å². The highest BCUT2D eigenvalue weighted by molar-refractivity contribution is 5.85. The number of carbonyl (C=O) groups excluding carboxylic acids is 1. The number of piperidine rings is 1. The monoisotopic (exact) mass is 273 g/mol. The van der Waals surface area contributed by atoms with Crippen molar-refractivity contribution in [2.75, 3.05) is 6.61 Å². The first-order valence-corrected chi connectivity index (χ1v) is 5.36. The molecule has 1 unspecified atom stereocenters. The first kappa shape index (κ1) is 14.6. The number of esters is 1. The summed E-state index contributed by atoms with van der Waals surface area (Å²) in [4.78, 5) is 11.4. The van der Waals surface area contributed by atoms with Gasteiger partial charge in [-0.2, -0.15) is 13.2 Å². The van der Waals surface area contributed by atoms with E-state index in [0.717, 1.165) is 0 Å². The molecule has 1 aliphatic heterocycles. The molecule has 1 N–H and O–H groups in total. The molecule has 1 aliphatic carbocycles. The Kier molecular flexibility index (Phi) is 3.98. The van der Waals surface area contributed by atoms with E-state index in [4.69, 9.17) is 4.74 Å². The van der Waals surface area contributed by atoms with E-state index in [-0.39, 0.29) is 31.5 Å². The molecule has 100 valence electrons. The fraction of sp³-hybridized carbons (Fsp3) is 0.900. The van der Waals surface area contributed by atoms with Crippen LogP contribution in [0.2, 0.25) is 0 Å². The number of ether oxygens (including phenoxy) is 1. The Labute approximate surface area is 103 Å². The second-order valence-electron chi connectivity index (χ2n) is 4.59. The molecule has 7 heteroatoms. The molecule has 2 fully saturated rings. The molecule has 3 atom stereocenters. The maximum absolute atomic E-state index is 12.3. The van der Waals surface area contributed by atoms with Gasteiger partial charge in [0, 0.05) is 6.04 Å². The van der Waals surface area contributed by atoms with Gasteiger partial charge in [-0.15, -0.1) is 12.4 Å². The number of carbonyl (C=O) groups is 1. The molecule has 0 spiro atoms. The average Bonchev–Trinajstić information content (AvgIpc) is 2.64. The van der Waals surface area contributed by atoms with E-state index in [0.29, 0.717) is 6.42 Å². The Morgan fingerprint density at radius 2 is 2.12 bits per heavy atom. The predicted molar refractivity (Wildman–Crippen MR) is 56.9 cm³/mol. The van der Waals surface area contributed by atoms with Gasteiger partial charge in [-0.25, -0.2) is 0 Å². The number of hydrogen-bond acceptors (Lipinski definition) is 3. The van der Waals surface area contributed by atoms with Gasteiger partial charge >= 0.3 is 12.1 Å². The molecule has 17 heavy (non-hydrogen) atoms. The summed E-state index contributed by atoms with van der Waals surface area (Å²) >= 11 is 0. The van der Waals surface area contributed by atoms with E-state index >= 15 is 0 Å². The summed E-state index contributed by atoms with van der Waals surface area (Å²) in [6, 6.07) is -0.718. The van der Waals surface area contributed by atoms with Gasteiger partial charge in [0.05, 0.1) is 13.0 Å². The lowest BCUT2D eigenvalue weighted by Gasteiger charge is -2.16. The Hall–Kier alpha value is -0.490. The minimum absolute atomic E-state index is 0. The number of rotatable bonds is 3. The van der Waals surface area contributed by atoms with Crippen molar-refractivity contribution in [1.82, 2.24) is 5.32 Å². The maximum atomic E-state index is 12.3. The Morgan fingerprint density at radius 1 is 1.47 bits per heavy atom. The average molecular weight is 274 g/mol. The second-order valence-corrected chi connectivity index (χ2v) is 4.59. The lowest BCUT2D eigenvalue weighted by Crippen LogP contribution is -2.35. The van der Waals surface area contributed by atoms with Crippen LogP contribution >= 0.6 is 12.4 Å². The normalized spacial score (nSPS) is 34.8. The zero-order valence-corrected chi connectivity index (χ0v) is 10.2. The maximum Gasteiger partial charge on any atom is 0.389 e. The quantitative estimate of drug-likeness (QED) is 0.800. The fourth-order valence-corrected chi connectivity index (χ4v) is 2.58. The van der Waals surface area contributed by atoms with Crippen molar-refractivity contribution in [2.45, 2.75) is 44.4 Å². The molecule has 0 radical (unpaired) electrons. The number of fused-ring (bicyclic) bond motifs is 1. The summed E-state index contributed by atoms with van der Waals surface area (Å²) in [5.74, 6) is -0.434. The molecular weight excluding hydrogens is 259 g/mol. The Morgan fingerprint density at radius 3 is 2.65 bits per heavy atom. The van der Waals surface area contributed by atoms with Crippen LogP contribution in [0.15, 0.2) is 0 Å². The molecule has 1 heterocycles. The molecule has 0 amide bonds. The van der Waals surface area contributed by atoms with Crippen molar-refractivity contribution in [3.05, 3.63) is 0 Å². The van der Waals surface area contributed by atoms with Crippen molar-refractivity contribution < 1.29 is 22.7 Å². The molecule has 0 aromatic heterocycles. The summed E-state index contributed by atoms with van der Waals surface area (Å²) in [6.45, 7) is 1.94. The van der Waals surface area contributed by atoms with Gasteiger partial charge in [-0.3, -0.25) is 4.79 Å². The largest absolute Gasteiger partial charge is 0.465 e. The molecule has 0 aromatic carbocycles. The van der Waals surface area contributed by atoms with Gasteiger partial charge < -0.3 is 10.1 Å². The zero-order valence-electron chi connectivity index (χ0n) is 9.34. The highest BCUT2D eigenvalue weighted by Gasteiger charge is 2.65. The number of hydrogen-bond donors (Lipinski definition) is 1. The molecule has 1 saturated carbocycles. The highest BCUT2D eigenvalue weighted by Crippen LogP contribution is 2.59. The lowest BCUT2D eigenvalue weighted by molar-refractivity contribution is -0.151. The van der Waals surface area contributed by atoms with Crippen LogP contribution in [0.1, 0.15) is 26.2 Å². The second kappa shape index (κ2) is 4.65. The van der Waals surface area contributed by atoms with Gasteiger partial charge in [0.2, 0.25) is 0 Å². The summed E-state index contributed by atoms with van der Waals surface area (Å²) in [7, 11) is 0. The van der Waals surface area contributed by atoms with Crippen LogP contribution in [0.3, 0.4) is 0 Å². The minimum Gasteiger partial charge on any atom is -0.465 e. The van der Waals surface area contributed by atoms with Crippen molar-refractivity contribution >= 4 is 18.4 Å². The van der Waals surface area contributed by atoms with Crippen LogP contribution in [-0.2, 0) is 9.53 Å². The first-order valence-electron chi connectivity index (χ1n) is 5.36. The van der Waals surface area contributed by atoms with Crippen LogP contribution in [0, 0.1) is 5.41 Å². The first-order chi connectivity index (χ1) is 7.36. The molecular formula is C10H15ClF3NO2. The van der Waals surface area contributed by atoms with E-state index in [2.05, 4.69) is 5.32 Å². The molecule has 2 aliphatic rings.